The molecule has 0 fully saturated rings. The van der Waals surface area contributed by atoms with Gasteiger partial charge in [-0.2, -0.15) is 0 Å². The van der Waals surface area contributed by atoms with E-state index in [9.17, 15) is 5.11 Å². The molecule has 0 spiro atoms. The van der Waals surface area contributed by atoms with E-state index in [-0.39, 0.29) is 0 Å². The van der Waals surface area contributed by atoms with Gasteiger partial charge in [0.05, 0.1) is 0 Å². The van der Waals surface area contributed by atoms with Gasteiger partial charge in [-0.3, -0.25) is 0 Å². The third-order valence-electron chi connectivity index (χ3n) is 2.03. The van der Waals surface area contributed by atoms with Crippen molar-refractivity contribution in [3.8, 4) is 5.75 Å². The molecule has 0 aliphatic heterocycles. The second-order valence-electron chi connectivity index (χ2n) is 2.65. The second-order valence-corrected chi connectivity index (χ2v) is 2.65. The molecule has 0 aliphatic rings. The molecule has 12 heavy (non-hydrogen) atoms. The minimum Gasteiger partial charge on any atom is -0.508 e. The Labute approximate surface area is 74.9 Å². The van der Waals surface area contributed by atoms with Crippen molar-refractivity contribution in [2.45, 2.75) is 20.8 Å². The smallest absolute Gasteiger partial charge is 0.310 e. The SMILES string of the molecule is Cc1ccc(O)c(C)c1C.O=[PH2+]. The van der Waals surface area contributed by atoms with E-state index in [1.165, 1.54) is 20.2 Å². The maximum Gasteiger partial charge on any atom is 0.310 e. The average Bonchev–Trinajstić information content (AvgIpc) is 2.12. The van der Waals surface area contributed by atoms with Gasteiger partial charge in [-0.15, -0.1) is 0 Å². The van der Waals surface area contributed by atoms with E-state index in [4.69, 9.17) is 4.57 Å². The van der Waals surface area contributed by atoms with Gasteiger partial charge in [-0.25, -0.2) is 0 Å². The van der Waals surface area contributed by atoms with Crippen LogP contribution in [0, 0.1) is 20.8 Å². The lowest BCUT2D eigenvalue weighted by Gasteiger charge is -2.04. The standard InChI is InChI=1S/C9H12O.H2OP/c1-6-4-5-9(10)8(3)7(6)2;1-2/h4-5,10H,1-3H3;2H2/q;+1. The molecule has 0 aliphatic carbocycles. The minimum absolute atomic E-state index is 0.392. The highest BCUT2D eigenvalue weighted by Crippen LogP contribution is 2.21. The molecule has 1 rings (SSSR count). The van der Waals surface area contributed by atoms with Crippen molar-refractivity contribution in [1.29, 1.82) is 0 Å². The first kappa shape index (κ1) is 11.1. The van der Waals surface area contributed by atoms with Gasteiger partial charge in [0.25, 0.3) is 0 Å². The van der Waals surface area contributed by atoms with Crippen molar-refractivity contribution in [2.75, 3.05) is 0 Å². The summed E-state index contributed by atoms with van der Waals surface area (Å²) in [7, 11) is 1.17. The molecule has 2 nitrogen and oxygen atoms in total. The van der Waals surface area contributed by atoms with E-state index in [1.807, 2.05) is 26.8 Å². The lowest BCUT2D eigenvalue weighted by Crippen LogP contribution is -1.85. The molecule has 0 amide bonds. The summed E-state index contributed by atoms with van der Waals surface area (Å²) in [5.74, 6) is 0.392. The van der Waals surface area contributed by atoms with Crippen LogP contribution in [0.2, 0.25) is 0 Å². The van der Waals surface area contributed by atoms with E-state index in [1.54, 1.807) is 6.07 Å². The first-order valence-electron chi connectivity index (χ1n) is 3.62. The molecule has 1 unspecified atom stereocenters. The van der Waals surface area contributed by atoms with Gasteiger partial charge in [0.1, 0.15) is 5.75 Å². The molecule has 3 heteroatoms. The number of aromatic hydroxyl groups is 1. The fourth-order valence-corrected chi connectivity index (χ4v) is 0.942. The van der Waals surface area contributed by atoms with Crippen molar-refractivity contribution in [3.63, 3.8) is 0 Å². The molecule has 1 N–H and O–H groups in total. The van der Waals surface area contributed by atoms with Gasteiger partial charge in [-0.1, -0.05) is 10.6 Å². The van der Waals surface area contributed by atoms with Gasteiger partial charge < -0.3 is 5.11 Å². The number of benzene rings is 1. The van der Waals surface area contributed by atoms with Gasteiger partial charge in [0.2, 0.25) is 0 Å². The molecule has 0 heterocycles. The number of rotatable bonds is 0. The number of phenolic OH excluding ortho intramolecular Hbond substituents is 1. The van der Waals surface area contributed by atoms with Crippen molar-refractivity contribution < 1.29 is 9.67 Å². The van der Waals surface area contributed by atoms with Crippen LogP contribution >= 0.6 is 9.12 Å². The Hall–Kier alpha value is -0.880. The molecule has 1 atom stereocenters. The monoisotopic (exact) mass is 185 g/mol. The highest BCUT2D eigenvalue weighted by Gasteiger charge is 1.99. The van der Waals surface area contributed by atoms with Crippen molar-refractivity contribution in [1.82, 2.24) is 0 Å². The van der Waals surface area contributed by atoms with Crippen LogP contribution in [0.1, 0.15) is 16.7 Å². The summed E-state index contributed by atoms with van der Waals surface area (Å²) in [5, 5.41) is 9.22. The summed E-state index contributed by atoms with van der Waals surface area (Å²) in [5.41, 5.74) is 3.40. The minimum atomic E-state index is 0.392. The van der Waals surface area contributed by atoms with Gasteiger partial charge in [0.15, 0.2) is 0 Å². The highest BCUT2D eigenvalue weighted by molar-refractivity contribution is 7.00. The van der Waals surface area contributed by atoms with E-state index in [0.717, 1.165) is 5.56 Å². The van der Waals surface area contributed by atoms with Gasteiger partial charge >= 0.3 is 9.12 Å². The Bertz CT molecular complexity index is 244. The van der Waals surface area contributed by atoms with E-state index in [0.29, 0.717) is 5.75 Å². The first-order chi connectivity index (χ1) is 5.63. The third kappa shape index (κ3) is 2.31. The lowest BCUT2D eigenvalue weighted by atomic mass is 10.0. The van der Waals surface area contributed by atoms with E-state index in [2.05, 4.69) is 0 Å². The van der Waals surface area contributed by atoms with Crippen molar-refractivity contribution in [2.24, 2.45) is 0 Å². The van der Waals surface area contributed by atoms with Gasteiger partial charge in [-0.05, 0) is 43.5 Å². The Morgan fingerprint density at radius 2 is 1.58 bits per heavy atom. The quantitative estimate of drug-likeness (QED) is 0.630. The van der Waals surface area contributed by atoms with Crippen molar-refractivity contribution in [3.05, 3.63) is 28.8 Å². The van der Waals surface area contributed by atoms with Gasteiger partial charge in [0, 0.05) is 0 Å². The molecule has 1 aromatic rings. The molecule has 0 saturated heterocycles. The third-order valence-corrected chi connectivity index (χ3v) is 2.03. The van der Waals surface area contributed by atoms with E-state index < -0.39 is 0 Å². The molecular weight excluding hydrogens is 171 g/mol. The maximum absolute atomic E-state index is 9.22. The zero-order chi connectivity index (χ0) is 9.72. The fourth-order valence-electron chi connectivity index (χ4n) is 0.942. The zero-order valence-electron chi connectivity index (χ0n) is 7.59. The molecular formula is C9H14O2P+. The lowest BCUT2D eigenvalue weighted by molar-refractivity contribution is 0.470. The average molecular weight is 185 g/mol. The Balaban J connectivity index is 0.000000561. The summed E-state index contributed by atoms with van der Waals surface area (Å²) in [6.07, 6.45) is 0. The maximum atomic E-state index is 9.22. The van der Waals surface area contributed by atoms with Crippen molar-refractivity contribution >= 4 is 9.12 Å². The predicted molar refractivity (Wildman–Crippen MR) is 52.7 cm³/mol. The van der Waals surface area contributed by atoms with E-state index >= 15 is 0 Å². The molecule has 0 saturated carbocycles. The Morgan fingerprint density at radius 3 is 2.00 bits per heavy atom. The molecule has 0 bridgehead atoms. The molecule has 0 aromatic heterocycles. The van der Waals surface area contributed by atoms with Crippen LogP contribution in [-0.4, -0.2) is 5.11 Å². The first-order valence-corrected chi connectivity index (χ1v) is 4.09. The highest BCUT2D eigenvalue weighted by atomic mass is 31.0. The molecule has 66 valence electrons. The number of aryl methyl sites for hydroxylation is 1. The summed E-state index contributed by atoms with van der Waals surface area (Å²) in [6.45, 7) is 5.99. The number of hydrogen-bond acceptors (Lipinski definition) is 2. The summed E-state index contributed by atoms with van der Waals surface area (Å²) in [4.78, 5) is 0. The summed E-state index contributed by atoms with van der Waals surface area (Å²) in [6, 6.07) is 3.66. The number of hydrogen-bond donors (Lipinski definition) is 1. The van der Waals surface area contributed by atoms with Crippen LogP contribution in [0.3, 0.4) is 0 Å². The fraction of sp³-hybridized carbons (Fsp3) is 0.333. The Morgan fingerprint density at radius 1 is 1.08 bits per heavy atom. The Kier molecular flexibility index (Phi) is 4.53. The summed E-state index contributed by atoms with van der Waals surface area (Å²) >= 11 is 0. The van der Waals surface area contributed by atoms with Crippen LogP contribution in [0.25, 0.3) is 0 Å². The largest absolute Gasteiger partial charge is 0.508 e. The predicted octanol–water partition coefficient (Wildman–Crippen LogP) is 2.52. The topological polar surface area (TPSA) is 37.3 Å². The van der Waals surface area contributed by atoms with Crippen LogP contribution in [0.15, 0.2) is 12.1 Å². The van der Waals surface area contributed by atoms with Crippen LogP contribution < -0.4 is 0 Å². The zero-order valence-corrected chi connectivity index (χ0v) is 8.74. The normalized spacial score (nSPS) is 8.58. The number of phenols is 1. The van der Waals surface area contributed by atoms with Crippen LogP contribution in [0.5, 0.6) is 5.75 Å². The molecule has 0 radical (unpaired) electrons. The van der Waals surface area contributed by atoms with Crippen LogP contribution in [0.4, 0.5) is 0 Å². The summed E-state index contributed by atoms with van der Waals surface area (Å²) < 4.78 is 8.17. The van der Waals surface area contributed by atoms with Crippen LogP contribution in [-0.2, 0) is 4.57 Å². The second kappa shape index (κ2) is 4.89. The molecule has 1 aromatic carbocycles.